The summed E-state index contributed by atoms with van der Waals surface area (Å²) >= 11 is 0. The Bertz CT molecular complexity index is 673. The highest BCUT2D eigenvalue weighted by Crippen LogP contribution is 2.24. The first-order valence-corrected chi connectivity index (χ1v) is 7.69. The van der Waals surface area contributed by atoms with Gasteiger partial charge in [0.1, 0.15) is 5.37 Å². The van der Waals surface area contributed by atoms with E-state index in [1.165, 1.54) is 0 Å². The van der Waals surface area contributed by atoms with Crippen molar-refractivity contribution in [3.8, 4) is 0 Å². The van der Waals surface area contributed by atoms with Crippen molar-refractivity contribution in [1.82, 2.24) is 5.32 Å². The van der Waals surface area contributed by atoms with E-state index in [4.69, 9.17) is 0 Å². The van der Waals surface area contributed by atoms with E-state index >= 15 is 0 Å². The van der Waals surface area contributed by atoms with Crippen LogP contribution >= 0.6 is 0 Å². The molecule has 1 atom stereocenters. The maximum absolute atomic E-state index is 12.4. The highest BCUT2D eigenvalue weighted by molar-refractivity contribution is 7.92. The molecule has 1 saturated heterocycles. The average molecular weight is 261 g/mol. The van der Waals surface area contributed by atoms with E-state index in [1.54, 1.807) is 12.1 Å². The first-order valence-electron chi connectivity index (χ1n) is 6.14. The molecule has 0 aromatic heterocycles. The second kappa shape index (κ2) is 4.37. The molecule has 0 radical (unpaired) electrons. The summed E-state index contributed by atoms with van der Waals surface area (Å²) in [6, 6.07) is 13.1. The maximum atomic E-state index is 12.4. The lowest BCUT2D eigenvalue weighted by molar-refractivity contribution is 0.572. The molecule has 1 fully saturated rings. The van der Waals surface area contributed by atoms with Crippen molar-refractivity contribution in [2.45, 2.75) is 23.1 Å². The van der Waals surface area contributed by atoms with Crippen molar-refractivity contribution in [3.63, 3.8) is 0 Å². The van der Waals surface area contributed by atoms with Gasteiger partial charge in [-0.2, -0.15) is 0 Å². The van der Waals surface area contributed by atoms with Crippen LogP contribution in [0.25, 0.3) is 10.8 Å². The lowest BCUT2D eigenvalue weighted by Crippen LogP contribution is -2.30. The van der Waals surface area contributed by atoms with Crippen molar-refractivity contribution in [2.75, 3.05) is 6.54 Å². The number of benzene rings is 2. The number of hydrogen-bond donors (Lipinski definition) is 1. The van der Waals surface area contributed by atoms with Gasteiger partial charge >= 0.3 is 0 Å². The Kier molecular flexibility index (Phi) is 2.84. The van der Waals surface area contributed by atoms with Crippen LogP contribution in [0.2, 0.25) is 0 Å². The third-order valence-corrected chi connectivity index (χ3v) is 5.50. The summed E-state index contributed by atoms with van der Waals surface area (Å²) in [4.78, 5) is 0.417. The zero-order valence-electron chi connectivity index (χ0n) is 9.96. The lowest BCUT2D eigenvalue weighted by atomic mass is 10.1. The van der Waals surface area contributed by atoms with Crippen LogP contribution in [-0.4, -0.2) is 20.3 Å². The quantitative estimate of drug-likeness (QED) is 0.902. The fourth-order valence-corrected chi connectivity index (χ4v) is 4.12. The topological polar surface area (TPSA) is 46.2 Å². The standard InChI is InChI=1S/C14H15NO2S/c16-18(17,14-6-3-9-15-14)13-8-7-11-4-1-2-5-12(11)10-13/h1-2,4-5,7-8,10,14-15H,3,6,9H2. The Labute approximate surface area is 107 Å². The monoisotopic (exact) mass is 261 g/mol. The smallest absolute Gasteiger partial charge is 0.194 e. The minimum atomic E-state index is -3.24. The Hall–Kier alpha value is -1.39. The minimum absolute atomic E-state index is 0.417. The summed E-state index contributed by atoms with van der Waals surface area (Å²) in [6.07, 6.45) is 1.63. The van der Waals surface area contributed by atoms with E-state index in [2.05, 4.69) is 5.32 Å². The molecule has 2 aromatic rings. The average Bonchev–Trinajstić information content (AvgIpc) is 2.92. The Balaban J connectivity index is 2.08. The molecule has 1 unspecified atom stereocenters. The van der Waals surface area contributed by atoms with Crippen molar-refractivity contribution >= 4 is 20.6 Å². The van der Waals surface area contributed by atoms with Crippen LogP contribution < -0.4 is 5.32 Å². The largest absolute Gasteiger partial charge is 0.301 e. The number of rotatable bonds is 2. The SMILES string of the molecule is O=S(=O)(c1ccc2ccccc2c1)C1CCCN1. The molecule has 1 aliphatic heterocycles. The van der Waals surface area contributed by atoms with Gasteiger partial charge in [-0.25, -0.2) is 8.42 Å². The van der Waals surface area contributed by atoms with Crippen LogP contribution in [0.1, 0.15) is 12.8 Å². The van der Waals surface area contributed by atoms with Gasteiger partial charge in [-0.15, -0.1) is 0 Å². The predicted octanol–water partition coefficient (Wildman–Crippen LogP) is 2.32. The third kappa shape index (κ3) is 1.91. The van der Waals surface area contributed by atoms with Crippen molar-refractivity contribution in [3.05, 3.63) is 42.5 Å². The molecule has 0 bridgehead atoms. The second-order valence-corrected chi connectivity index (χ2v) is 6.77. The van der Waals surface area contributed by atoms with Gasteiger partial charge in [0.25, 0.3) is 0 Å². The van der Waals surface area contributed by atoms with Crippen molar-refractivity contribution < 1.29 is 8.42 Å². The zero-order chi connectivity index (χ0) is 12.6. The van der Waals surface area contributed by atoms with Crippen LogP contribution in [0.3, 0.4) is 0 Å². The molecular weight excluding hydrogens is 246 g/mol. The van der Waals surface area contributed by atoms with E-state index in [0.29, 0.717) is 11.3 Å². The second-order valence-electron chi connectivity index (χ2n) is 4.64. The van der Waals surface area contributed by atoms with Crippen LogP contribution in [0.4, 0.5) is 0 Å². The summed E-state index contributed by atoms with van der Waals surface area (Å²) < 4.78 is 24.8. The molecular formula is C14H15NO2S. The van der Waals surface area contributed by atoms with E-state index in [0.717, 1.165) is 23.7 Å². The first-order chi connectivity index (χ1) is 8.68. The van der Waals surface area contributed by atoms with Crippen molar-refractivity contribution in [2.24, 2.45) is 0 Å². The molecule has 0 saturated carbocycles. The van der Waals surface area contributed by atoms with E-state index in [-0.39, 0.29) is 0 Å². The summed E-state index contributed by atoms with van der Waals surface area (Å²) in [7, 11) is -3.24. The summed E-state index contributed by atoms with van der Waals surface area (Å²) in [5, 5.41) is 4.67. The van der Waals surface area contributed by atoms with E-state index < -0.39 is 15.2 Å². The van der Waals surface area contributed by atoms with Crippen LogP contribution in [0.15, 0.2) is 47.4 Å². The molecule has 0 spiro atoms. The highest BCUT2D eigenvalue weighted by Gasteiger charge is 2.29. The van der Waals surface area contributed by atoms with Gasteiger partial charge in [0.05, 0.1) is 4.90 Å². The summed E-state index contributed by atoms with van der Waals surface area (Å²) in [5.41, 5.74) is 0. The molecule has 4 heteroatoms. The molecule has 2 aromatic carbocycles. The van der Waals surface area contributed by atoms with Gasteiger partial charge in [0.2, 0.25) is 0 Å². The van der Waals surface area contributed by atoms with Gasteiger partial charge in [-0.05, 0) is 42.3 Å². The van der Waals surface area contributed by atoms with Crippen LogP contribution in [0, 0.1) is 0 Å². The number of hydrogen-bond acceptors (Lipinski definition) is 3. The van der Waals surface area contributed by atoms with Crippen molar-refractivity contribution in [1.29, 1.82) is 0 Å². The molecule has 0 amide bonds. The Morgan fingerprint density at radius 3 is 2.56 bits per heavy atom. The number of fused-ring (bicyclic) bond motifs is 1. The highest BCUT2D eigenvalue weighted by atomic mass is 32.2. The lowest BCUT2D eigenvalue weighted by Gasteiger charge is -2.12. The van der Waals surface area contributed by atoms with Gasteiger partial charge < -0.3 is 5.32 Å². The summed E-state index contributed by atoms with van der Waals surface area (Å²) in [6.45, 7) is 0.789. The van der Waals surface area contributed by atoms with Gasteiger partial charge in [-0.1, -0.05) is 30.3 Å². The fourth-order valence-electron chi connectivity index (χ4n) is 2.43. The molecule has 18 heavy (non-hydrogen) atoms. The Morgan fingerprint density at radius 1 is 1.06 bits per heavy atom. The number of nitrogens with one attached hydrogen (secondary N) is 1. The Morgan fingerprint density at radius 2 is 1.83 bits per heavy atom. The zero-order valence-corrected chi connectivity index (χ0v) is 10.8. The molecule has 94 valence electrons. The molecule has 3 rings (SSSR count). The molecule has 3 nitrogen and oxygen atoms in total. The van der Waals surface area contributed by atoms with Crippen LogP contribution in [-0.2, 0) is 9.84 Å². The molecule has 1 N–H and O–H groups in total. The minimum Gasteiger partial charge on any atom is -0.301 e. The molecule has 1 heterocycles. The molecule has 0 aliphatic carbocycles. The van der Waals surface area contributed by atoms with Gasteiger partial charge in [0, 0.05) is 0 Å². The predicted molar refractivity (Wildman–Crippen MR) is 72.2 cm³/mol. The van der Waals surface area contributed by atoms with Crippen LogP contribution in [0.5, 0.6) is 0 Å². The van der Waals surface area contributed by atoms with Gasteiger partial charge in [0.15, 0.2) is 9.84 Å². The number of sulfone groups is 1. The third-order valence-electron chi connectivity index (χ3n) is 3.44. The summed E-state index contributed by atoms with van der Waals surface area (Å²) in [5.74, 6) is 0. The maximum Gasteiger partial charge on any atom is 0.194 e. The molecule has 1 aliphatic rings. The van der Waals surface area contributed by atoms with E-state index in [9.17, 15) is 8.42 Å². The van der Waals surface area contributed by atoms with E-state index in [1.807, 2.05) is 30.3 Å². The fraction of sp³-hybridized carbons (Fsp3) is 0.286. The first kappa shape index (κ1) is 11.7. The van der Waals surface area contributed by atoms with Gasteiger partial charge in [-0.3, -0.25) is 0 Å². The normalized spacial score (nSPS) is 20.3.